The van der Waals surface area contributed by atoms with Crippen LogP contribution < -0.4 is 10.2 Å². The van der Waals surface area contributed by atoms with E-state index in [0.29, 0.717) is 17.4 Å². The predicted octanol–water partition coefficient (Wildman–Crippen LogP) is 3.34. The molecule has 0 spiro atoms. The van der Waals surface area contributed by atoms with Gasteiger partial charge in [-0.3, -0.25) is 4.99 Å². The van der Waals surface area contributed by atoms with Crippen LogP contribution >= 0.6 is 11.8 Å². The highest BCUT2D eigenvalue weighted by Gasteiger charge is 2.31. The number of carbonyl (C=O) groups is 1. The number of amidine groups is 1. The molecule has 4 nitrogen and oxygen atoms in total. The van der Waals surface area contributed by atoms with Gasteiger partial charge in [0.1, 0.15) is 0 Å². The van der Waals surface area contributed by atoms with Crippen LogP contribution in [-0.2, 0) is 6.18 Å². The first-order valence-electron chi connectivity index (χ1n) is 6.23. The lowest BCUT2D eigenvalue weighted by Gasteiger charge is -2.22. The number of alkyl halides is 3. The minimum Gasteiger partial charge on any atom is -0.340 e. The molecular weight excluding hydrogens is 303 g/mol. The van der Waals surface area contributed by atoms with Gasteiger partial charge in [-0.25, -0.2) is 9.69 Å². The van der Waals surface area contributed by atoms with Crippen molar-refractivity contribution in [1.29, 1.82) is 0 Å². The molecule has 0 fully saturated rings. The number of thioether (sulfide) groups is 1. The number of nitrogens with zero attached hydrogens (tertiary/aromatic N) is 2. The smallest absolute Gasteiger partial charge is 0.340 e. The fourth-order valence-electron chi connectivity index (χ4n) is 1.81. The Morgan fingerprint density at radius 1 is 1.38 bits per heavy atom. The number of urea groups is 1. The lowest BCUT2D eigenvalue weighted by molar-refractivity contribution is -0.137. The average Bonchev–Trinajstić information content (AvgIpc) is 2.84. The SMILES string of the molecule is CNC(=O)N(C1=NC[C@H](C)S1)c1ccc(C(F)(F)F)cc1. The fourth-order valence-corrected chi connectivity index (χ4v) is 2.76. The topological polar surface area (TPSA) is 44.7 Å². The third-order valence-corrected chi connectivity index (χ3v) is 3.93. The van der Waals surface area contributed by atoms with Gasteiger partial charge in [0.15, 0.2) is 5.17 Å². The third kappa shape index (κ3) is 3.49. The summed E-state index contributed by atoms with van der Waals surface area (Å²) in [6, 6.07) is 4.01. The first-order valence-corrected chi connectivity index (χ1v) is 7.11. The average molecular weight is 317 g/mol. The zero-order valence-corrected chi connectivity index (χ0v) is 12.3. The summed E-state index contributed by atoms with van der Waals surface area (Å²) in [5, 5.41) is 3.20. The van der Waals surface area contributed by atoms with E-state index in [1.165, 1.54) is 35.8 Å². The zero-order chi connectivity index (χ0) is 15.6. The number of hydrogen-bond acceptors (Lipinski definition) is 3. The maximum atomic E-state index is 12.6. The van der Waals surface area contributed by atoms with E-state index >= 15 is 0 Å². The van der Waals surface area contributed by atoms with Crippen LogP contribution in [0.2, 0.25) is 0 Å². The Bertz CT molecular complexity index is 557. The number of anilines is 1. The van der Waals surface area contributed by atoms with Gasteiger partial charge in [0.25, 0.3) is 0 Å². The van der Waals surface area contributed by atoms with Crippen molar-refractivity contribution in [2.24, 2.45) is 4.99 Å². The molecule has 1 heterocycles. The molecule has 0 bridgehead atoms. The molecule has 0 unspecified atom stereocenters. The van der Waals surface area contributed by atoms with E-state index < -0.39 is 17.8 Å². The second-order valence-corrected chi connectivity index (χ2v) is 5.89. The first-order chi connectivity index (χ1) is 9.82. The predicted molar refractivity (Wildman–Crippen MR) is 77.7 cm³/mol. The van der Waals surface area contributed by atoms with E-state index in [-0.39, 0.29) is 5.25 Å². The van der Waals surface area contributed by atoms with Crippen molar-refractivity contribution < 1.29 is 18.0 Å². The normalized spacial score (nSPS) is 18.3. The Balaban J connectivity index is 2.32. The van der Waals surface area contributed by atoms with Crippen LogP contribution in [0.4, 0.5) is 23.7 Å². The zero-order valence-electron chi connectivity index (χ0n) is 11.4. The van der Waals surface area contributed by atoms with Gasteiger partial charge in [0, 0.05) is 12.3 Å². The summed E-state index contributed by atoms with van der Waals surface area (Å²) in [5.74, 6) is 0. The minimum absolute atomic E-state index is 0.238. The second-order valence-electron chi connectivity index (χ2n) is 4.49. The summed E-state index contributed by atoms with van der Waals surface area (Å²) in [6.07, 6.45) is -4.40. The van der Waals surface area contributed by atoms with Crippen molar-refractivity contribution in [3.05, 3.63) is 29.8 Å². The molecule has 0 saturated heterocycles. The fraction of sp³-hybridized carbons (Fsp3) is 0.385. The van der Waals surface area contributed by atoms with Gasteiger partial charge in [-0.15, -0.1) is 0 Å². The van der Waals surface area contributed by atoms with E-state index in [1.807, 2.05) is 6.92 Å². The number of amides is 2. The lowest BCUT2D eigenvalue weighted by Crippen LogP contribution is -2.41. The van der Waals surface area contributed by atoms with E-state index in [1.54, 1.807) is 0 Å². The molecule has 0 radical (unpaired) electrons. The number of hydrogen-bond donors (Lipinski definition) is 1. The molecule has 114 valence electrons. The van der Waals surface area contributed by atoms with Crippen molar-refractivity contribution in [2.45, 2.75) is 18.3 Å². The van der Waals surface area contributed by atoms with Crippen LogP contribution in [0, 0.1) is 0 Å². The van der Waals surface area contributed by atoms with Crippen molar-refractivity contribution in [1.82, 2.24) is 5.32 Å². The standard InChI is InChI=1S/C13H14F3N3OS/c1-8-7-18-12(21-8)19(11(20)17-2)10-5-3-9(4-6-10)13(14,15)16/h3-6,8H,7H2,1-2H3,(H,17,20)/t8-/m0/s1. The molecule has 0 aliphatic carbocycles. The van der Waals surface area contributed by atoms with E-state index in [4.69, 9.17) is 0 Å². The highest BCUT2D eigenvalue weighted by molar-refractivity contribution is 8.15. The lowest BCUT2D eigenvalue weighted by atomic mass is 10.2. The van der Waals surface area contributed by atoms with Gasteiger partial charge in [0.2, 0.25) is 0 Å². The van der Waals surface area contributed by atoms with Gasteiger partial charge >= 0.3 is 12.2 Å². The van der Waals surface area contributed by atoms with Crippen LogP contribution in [0.15, 0.2) is 29.3 Å². The molecule has 1 N–H and O–H groups in total. The maximum Gasteiger partial charge on any atom is 0.416 e. The van der Waals surface area contributed by atoms with Crippen molar-refractivity contribution in [2.75, 3.05) is 18.5 Å². The summed E-state index contributed by atoms with van der Waals surface area (Å²) >= 11 is 1.41. The summed E-state index contributed by atoms with van der Waals surface area (Å²) in [6.45, 7) is 2.55. The second kappa shape index (κ2) is 5.97. The first kappa shape index (κ1) is 15.7. The third-order valence-electron chi connectivity index (χ3n) is 2.85. The van der Waals surface area contributed by atoms with Crippen molar-refractivity contribution >= 4 is 28.6 Å². The highest BCUT2D eigenvalue weighted by atomic mass is 32.2. The monoisotopic (exact) mass is 317 g/mol. The number of halogens is 3. The molecular formula is C13H14F3N3OS. The Morgan fingerprint density at radius 3 is 2.43 bits per heavy atom. The summed E-state index contributed by atoms with van der Waals surface area (Å²) < 4.78 is 37.7. The Hall–Kier alpha value is -1.70. The van der Waals surface area contributed by atoms with Crippen LogP contribution in [0.1, 0.15) is 12.5 Å². The summed E-state index contributed by atoms with van der Waals surface area (Å²) in [5.41, 5.74) is -0.403. The van der Waals surface area contributed by atoms with Crippen molar-refractivity contribution in [3.63, 3.8) is 0 Å². The summed E-state index contributed by atoms with van der Waals surface area (Å²) in [4.78, 5) is 17.5. The molecule has 0 saturated carbocycles. The van der Waals surface area contributed by atoms with Gasteiger partial charge in [-0.2, -0.15) is 13.2 Å². The number of benzene rings is 1. The van der Waals surface area contributed by atoms with Crippen LogP contribution in [0.5, 0.6) is 0 Å². The Kier molecular flexibility index (Phi) is 4.46. The van der Waals surface area contributed by atoms with Gasteiger partial charge in [0.05, 0.1) is 17.8 Å². The van der Waals surface area contributed by atoms with Gasteiger partial charge in [-0.1, -0.05) is 18.7 Å². The van der Waals surface area contributed by atoms with E-state index in [0.717, 1.165) is 12.1 Å². The molecule has 1 atom stereocenters. The van der Waals surface area contributed by atoms with Crippen LogP contribution in [0.3, 0.4) is 0 Å². The molecule has 2 rings (SSSR count). The van der Waals surface area contributed by atoms with Crippen molar-refractivity contribution in [3.8, 4) is 0 Å². The molecule has 8 heteroatoms. The van der Waals surface area contributed by atoms with Crippen LogP contribution in [0.25, 0.3) is 0 Å². The number of rotatable bonds is 1. The Labute approximate surface area is 124 Å². The maximum absolute atomic E-state index is 12.6. The van der Waals surface area contributed by atoms with Crippen LogP contribution in [-0.4, -0.2) is 30.0 Å². The highest BCUT2D eigenvalue weighted by Crippen LogP contribution is 2.32. The quantitative estimate of drug-likeness (QED) is 0.863. The largest absolute Gasteiger partial charge is 0.416 e. The van der Waals surface area contributed by atoms with E-state index in [9.17, 15) is 18.0 Å². The van der Waals surface area contributed by atoms with Gasteiger partial charge in [-0.05, 0) is 24.3 Å². The molecule has 21 heavy (non-hydrogen) atoms. The number of carbonyl (C=O) groups excluding carboxylic acids is 1. The van der Waals surface area contributed by atoms with E-state index in [2.05, 4.69) is 10.3 Å². The van der Waals surface area contributed by atoms with Gasteiger partial charge < -0.3 is 5.32 Å². The number of nitrogens with one attached hydrogen (secondary N) is 1. The molecule has 0 aromatic heterocycles. The molecule has 1 aliphatic rings. The number of aliphatic imine (C=N–C) groups is 1. The summed E-state index contributed by atoms with van der Waals surface area (Å²) in [7, 11) is 1.46. The molecule has 1 aromatic carbocycles. The molecule has 1 aliphatic heterocycles. The molecule has 2 amide bonds. The Morgan fingerprint density at radius 2 is 2.00 bits per heavy atom. The minimum atomic E-state index is -4.40. The molecule has 1 aromatic rings.